The van der Waals surface area contributed by atoms with Gasteiger partial charge in [-0.25, -0.2) is 0 Å². The quantitative estimate of drug-likeness (QED) is 0.922. The van der Waals surface area contributed by atoms with Gasteiger partial charge in [0, 0.05) is 23.7 Å². The number of aromatic nitrogens is 2. The molecule has 2 aromatic rings. The smallest absolute Gasteiger partial charge is 0.324 e. The zero-order chi connectivity index (χ0) is 14.2. The third kappa shape index (κ3) is 2.78. The summed E-state index contributed by atoms with van der Waals surface area (Å²) in [4.78, 5) is 6.40. The Balaban J connectivity index is 1.78. The molecule has 1 saturated heterocycles. The Bertz CT molecular complexity index is 602. The Hall–Kier alpha value is -1.59. The van der Waals surface area contributed by atoms with Crippen LogP contribution in [0.15, 0.2) is 28.8 Å². The van der Waals surface area contributed by atoms with E-state index >= 15 is 0 Å². The van der Waals surface area contributed by atoms with Crippen molar-refractivity contribution in [3.8, 4) is 11.4 Å². The lowest BCUT2D eigenvalue weighted by Crippen LogP contribution is -2.42. The molecule has 0 amide bonds. The average molecular weight is 294 g/mol. The summed E-state index contributed by atoms with van der Waals surface area (Å²) in [6.07, 6.45) is 1.39. The van der Waals surface area contributed by atoms with E-state index in [0.717, 1.165) is 5.56 Å². The predicted molar refractivity (Wildman–Crippen MR) is 76.8 cm³/mol. The van der Waals surface area contributed by atoms with Gasteiger partial charge in [-0.3, -0.25) is 0 Å². The highest BCUT2D eigenvalue weighted by atomic mass is 35.5. The molecule has 0 bridgehead atoms. The molecular formula is C14H16ClN3O2. The van der Waals surface area contributed by atoms with Gasteiger partial charge in [-0.05, 0) is 31.9 Å². The summed E-state index contributed by atoms with van der Waals surface area (Å²) in [5.41, 5.74) is 0.239. The van der Waals surface area contributed by atoms with E-state index in [-0.39, 0.29) is 0 Å². The summed E-state index contributed by atoms with van der Waals surface area (Å²) >= 11 is 5.96. The van der Waals surface area contributed by atoms with Crippen LogP contribution in [0.2, 0.25) is 5.02 Å². The second-order valence-corrected chi connectivity index (χ2v) is 5.83. The number of hydrogen-bond acceptors (Lipinski definition) is 5. The van der Waals surface area contributed by atoms with Gasteiger partial charge < -0.3 is 14.5 Å². The van der Waals surface area contributed by atoms with Gasteiger partial charge in [0.1, 0.15) is 0 Å². The maximum atomic E-state index is 9.94. The first-order valence-corrected chi connectivity index (χ1v) is 6.98. The molecule has 3 rings (SSSR count). The van der Waals surface area contributed by atoms with Crippen molar-refractivity contribution in [2.75, 3.05) is 18.0 Å². The highest BCUT2D eigenvalue weighted by Crippen LogP contribution is 2.27. The number of aliphatic hydroxyl groups is 1. The van der Waals surface area contributed by atoms with E-state index in [1.807, 2.05) is 24.0 Å². The van der Waals surface area contributed by atoms with E-state index in [0.29, 0.717) is 42.8 Å². The van der Waals surface area contributed by atoms with Gasteiger partial charge in [0.15, 0.2) is 0 Å². The summed E-state index contributed by atoms with van der Waals surface area (Å²) in [7, 11) is 0. The Morgan fingerprint density at radius 1 is 1.35 bits per heavy atom. The van der Waals surface area contributed by atoms with Crippen molar-refractivity contribution in [2.45, 2.75) is 25.4 Å². The van der Waals surface area contributed by atoms with Gasteiger partial charge in [0.05, 0.1) is 5.60 Å². The lowest BCUT2D eigenvalue weighted by Gasteiger charge is -2.34. The van der Waals surface area contributed by atoms with Crippen LogP contribution in [0.1, 0.15) is 19.8 Å². The van der Waals surface area contributed by atoms with Crippen molar-refractivity contribution in [3.05, 3.63) is 29.3 Å². The average Bonchev–Trinajstić information content (AvgIpc) is 2.88. The van der Waals surface area contributed by atoms with Crippen LogP contribution in [-0.2, 0) is 0 Å². The predicted octanol–water partition coefficient (Wildman–Crippen LogP) is 2.74. The molecule has 0 radical (unpaired) electrons. The van der Waals surface area contributed by atoms with E-state index in [1.165, 1.54) is 0 Å². The number of piperidine rings is 1. The van der Waals surface area contributed by atoms with Gasteiger partial charge >= 0.3 is 6.01 Å². The topological polar surface area (TPSA) is 62.4 Å². The summed E-state index contributed by atoms with van der Waals surface area (Å²) in [5.74, 6) is 0.528. The molecule has 1 aliphatic heterocycles. The van der Waals surface area contributed by atoms with Crippen molar-refractivity contribution in [2.24, 2.45) is 0 Å². The highest BCUT2D eigenvalue weighted by molar-refractivity contribution is 6.30. The zero-order valence-corrected chi connectivity index (χ0v) is 12.0. The fourth-order valence-corrected chi connectivity index (χ4v) is 2.46. The normalized spacial score (nSPS) is 18.2. The molecule has 20 heavy (non-hydrogen) atoms. The Morgan fingerprint density at radius 3 is 2.80 bits per heavy atom. The lowest BCUT2D eigenvalue weighted by atomic mass is 9.94. The van der Waals surface area contributed by atoms with Crippen LogP contribution in [0.4, 0.5) is 6.01 Å². The zero-order valence-electron chi connectivity index (χ0n) is 11.2. The fraction of sp³-hybridized carbons (Fsp3) is 0.429. The third-order valence-corrected chi connectivity index (χ3v) is 3.84. The van der Waals surface area contributed by atoms with Crippen molar-refractivity contribution < 1.29 is 9.63 Å². The second kappa shape index (κ2) is 5.07. The minimum absolute atomic E-state index is 0.496. The first-order chi connectivity index (χ1) is 9.53. The van der Waals surface area contributed by atoms with E-state index in [1.54, 1.807) is 12.1 Å². The molecular weight excluding hydrogens is 278 g/mol. The Kier molecular flexibility index (Phi) is 3.40. The SMILES string of the molecule is CC1(O)CCN(c2nc(-c3cccc(Cl)c3)no2)CC1. The number of hydrogen-bond donors (Lipinski definition) is 1. The maximum Gasteiger partial charge on any atom is 0.324 e. The molecule has 0 spiro atoms. The van der Waals surface area contributed by atoms with Crippen LogP contribution >= 0.6 is 11.6 Å². The van der Waals surface area contributed by atoms with Crippen LogP contribution in [0, 0.1) is 0 Å². The van der Waals surface area contributed by atoms with Gasteiger partial charge in [0.2, 0.25) is 5.82 Å². The van der Waals surface area contributed by atoms with Gasteiger partial charge in [0.25, 0.3) is 0 Å². The number of benzene rings is 1. The van der Waals surface area contributed by atoms with Crippen molar-refractivity contribution in [1.82, 2.24) is 10.1 Å². The number of halogens is 1. The maximum absolute atomic E-state index is 9.94. The molecule has 6 heteroatoms. The molecule has 0 aliphatic carbocycles. The fourth-order valence-electron chi connectivity index (χ4n) is 2.27. The highest BCUT2D eigenvalue weighted by Gasteiger charge is 2.29. The van der Waals surface area contributed by atoms with E-state index in [2.05, 4.69) is 10.1 Å². The van der Waals surface area contributed by atoms with Crippen LogP contribution in [0.25, 0.3) is 11.4 Å². The van der Waals surface area contributed by atoms with Crippen LogP contribution in [0.5, 0.6) is 0 Å². The van der Waals surface area contributed by atoms with E-state index in [4.69, 9.17) is 16.1 Å². The summed E-state index contributed by atoms with van der Waals surface area (Å²) in [6.45, 7) is 3.28. The van der Waals surface area contributed by atoms with Gasteiger partial charge in [-0.2, -0.15) is 4.98 Å². The molecule has 1 N–H and O–H groups in total. The minimum atomic E-state index is -0.591. The van der Waals surface area contributed by atoms with Crippen LogP contribution in [-0.4, -0.2) is 33.9 Å². The Morgan fingerprint density at radius 2 is 2.10 bits per heavy atom. The van der Waals surface area contributed by atoms with Crippen molar-refractivity contribution in [1.29, 1.82) is 0 Å². The third-order valence-electron chi connectivity index (χ3n) is 3.61. The van der Waals surface area contributed by atoms with E-state index in [9.17, 15) is 5.11 Å². The monoisotopic (exact) mass is 293 g/mol. The lowest BCUT2D eigenvalue weighted by molar-refractivity contribution is 0.0341. The molecule has 1 fully saturated rings. The van der Waals surface area contributed by atoms with Crippen molar-refractivity contribution in [3.63, 3.8) is 0 Å². The molecule has 5 nitrogen and oxygen atoms in total. The molecule has 1 aromatic carbocycles. The van der Waals surface area contributed by atoms with Crippen LogP contribution in [0.3, 0.4) is 0 Å². The molecule has 0 saturated carbocycles. The summed E-state index contributed by atoms with van der Waals surface area (Å²) < 4.78 is 5.31. The number of anilines is 1. The van der Waals surface area contributed by atoms with Crippen LogP contribution < -0.4 is 4.90 Å². The molecule has 1 aliphatic rings. The molecule has 106 valence electrons. The Labute approximate surface area is 122 Å². The van der Waals surface area contributed by atoms with Gasteiger partial charge in [-0.1, -0.05) is 28.9 Å². The number of nitrogens with zero attached hydrogens (tertiary/aromatic N) is 3. The van der Waals surface area contributed by atoms with Crippen molar-refractivity contribution >= 4 is 17.6 Å². The summed E-state index contributed by atoms with van der Waals surface area (Å²) in [5, 5.41) is 14.6. The minimum Gasteiger partial charge on any atom is -0.390 e. The molecule has 1 aromatic heterocycles. The molecule has 0 atom stereocenters. The molecule has 2 heterocycles. The number of rotatable bonds is 2. The molecule has 0 unspecified atom stereocenters. The standard InChI is InChI=1S/C14H16ClN3O2/c1-14(19)5-7-18(8-6-14)13-16-12(17-20-13)10-3-2-4-11(15)9-10/h2-4,9,19H,5-8H2,1H3. The largest absolute Gasteiger partial charge is 0.390 e. The van der Waals surface area contributed by atoms with E-state index < -0.39 is 5.60 Å². The second-order valence-electron chi connectivity index (χ2n) is 5.39. The summed E-state index contributed by atoms with van der Waals surface area (Å²) in [6, 6.07) is 7.85. The van der Waals surface area contributed by atoms with Gasteiger partial charge in [-0.15, -0.1) is 0 Å². The first kappa shape index (κ1) is 13.4. The first-order valence-electron chi connectivity index (χ1n) is 6.60.